The number of fused-ring (bicyclic) bond motifs is 1. The van der Waals surface area contributed by atoms with Crippen molar-refractivity contribution in [2.24, 2.45) is 4.99 Å². The van der Waals surface area contributed by atoms with Gasteiger partial charge in [-0.3, -0.25) is 4.99 Å². The molecule has 1 aliphatic heterocycles. The number of aliphatic imine (C=N–C) groups is 1. The molecule has 0 bridgehead atoms. The van der Waals surface area contributed by atoms with Crippen LogP contribution in [0.25, 0.3) is 0 Å². The van der Waals surface area contributed by atoms with Crippen LogP contribution in [0, 0.1) is 0 Å². The van der Waals surface area contributed by atoms with Crippen molar-refractivity contribution >= 4 is 16.9 Å². The highest BCUT2D eigenvalue weighted by Gasteiger charge is 2.29. The molecule has 17 heavy (non-hydrogen) atoms. The summed E-state index contributed by atoms with van der Waals surface area (Å²) in [6.45, 7) is 4.46. The van der Waals surface area contributed by atoms with E-state index in [0.717, 1.165) is 23.8 Å². The fraction of sp³-hybridized carbons (Fsp3) is 0.500. The van der Waals surface area contributed by atoms with Crippen molar-refractivity contribution in [3.8, 4) is 0 Å². The van der Waals surface area contributed by atoms with Crippen molar-refractivity contribution in [1.82, 2.24) is 5.32 Å². The lowest BCUT2D eigenvalue weighted by Crippen LogP contribution is -2.37. The van der Waals surface area contributed by atoms with Crippen molar-refractivity contribution in [2.75, 3.05) is 5.75 Å². The van der Waals surface area contributed by atoms with Gasteiger partial charge in [-0.2, -0.15) is 0 Å². The highest BCUT2D eigenvalue weighted by molar-refractivity contribution is 8.14. The second-order valence-corrected chi connectivity index (χ2v) is 6.53. The second-order valence-electron chi connectivity index (χ2n) is 5.56. The fourth-order valence-electron chi connectivity index (χ4n) is 2.47. The van der Waals surface area contributed by atoms with Crippen molar-refractivity contribution in [3.05, 3.63) is 35.4 Å². The summed E-state index contributed by atoms with van der Waals surface area (Å²) < 4.78 is 0. The Morgan fingerprint density at radius 1 is 1.24 bits per heavy atom. The summed E-state index contributed by atoms with van der Waals surface area (Å²) in [5.41, 5.74) is 3.16. The molecule has 0 unspecified atom stereocenters. The zero-order chi connectivity index (χ0) is 11.9. The largest absolute Gasteiger partial charge is 0.359 e. The van der Waals surface area contributed by atoms with Gasteiger partial charge in [-0.05, 0) is 37.8 Å². The first-order valence-corrected chi connectivity index (χ1v) is 7.16. The molecule has 2 aliphatic rings. The smallest absolute Gasteiger partial charge is 0.157 e. The second kappa shape index (κ2) is 4.05. The molecule has 0 radical (unpaired) electrons. The third kappa shape index (κ3) is 2.34. The lowest BCUT2D eigenvalue weighted by Gasteiger charge is -2.16. The van der Waals surface area contributed by atoms with Gasteiger partial charge >= 0.3 is 0 Å². The van der Waals surface area contributed by atoms with Gasteiger partial charge < -0.3 is 5.32 Å². The van der Waals surface area contributed by atoms with Gasteiger partial charge in [0.1, 0.15) is 0 Å². The Bertz CT molecular complexity index is 440. The van der Waals surface area contributed by atoms with Crippen molar-refractivity contribution in [1.29, 1.82) is 0 Å². The minimum absolute atomic E-state index is 0.203. The number of hydrogen-bond acceptors (Lipinski definition) is 2. The number of hydrogen-bond donors (Lipinski definition) is 1. The average molecular weight is 246 g/mol. The van der Waals surface area contributed by atoms with Crippen LogP contribution in [0.4, 0.5) is 0 Å². The highest BCUT2D eigenvalue weighted by Crippen LogP contribution is 2.27. The van der Waals surface area contributed by atoms with Crippen LogP contribution >= 0.6 is 11.8 Å². The summed E-state index contributed by atoms with van der Waals surface area (Å²) in [5.74, 6) is 1.12. The van der Waals surface area contributed by atoms with Gasteiger partial charge in [-0.1, -0.05) is 36.0 Å². The molecule has 0 aromatic heterocycles. The normalized spacial score (nSPS) is 24.9. The van der Waals surface area contributed by atoms with Gasteiger partial charge in [-0.25, -0.2) is 0 Å². The molecule has 90 valence electrons. The van der Waals surface area contributed by atoms with Gasteiger partial charge in [0.2, 0.25) is 0 Å². The zero-order valence-electron chi connectivity index (χ0n) is 10.4. The van der Waals surface area contributed by atoms with E-state index in [9.17, 15) is 0 Å². The minimum atomic E-state index is 0.203. The molecule has 1 saturated heterocycles. The van der Waals surface area contributed by atoms with Crippen LogP contribution < -0.4 is 5.32 Å². The average Bonchev–Trinajstić information content (AvgIpc) is 2.81. The number of amidine groups is 1. The summed E-state index contributed by atoms with van der Waals surface area (Å²) in [4.78, 5) is 4.85. The molecule has 1 aromatic rings. The zero-order valence-corrected chi connectivity index (χ0v) is 11.2. The summed E-state index contributed by atoms with van der Waals surface area (Å²) in [7, 11) is 0. The molecule has 1 N–H and O–H groups in total. The molecule has 0 amide bonds. The first-order chi connectivity index (χ1) is 8.12. The number of nitrogens with one attached hydrogen (secondary N) is 1. The number of nitrogens with zero attached hydrogens (tertiary/aromatic N) is 1. The molecule has 3 rings (SSSR count). The van der Waals surface area contributed by atoms with E-state index in [4.69, 9.17) is 4.99 Å². The Kier molecular flexibility index (Phi) is 2.66. The summed E-state index contributed by atoms with van der Waals surface area (Å²) >= 11 is 1.85. The molecule has 1 fully saturated rings. The van der Waals surface area contributed by atoms with Gasteiger partial charge in [0.05, 0.1) is 6.04 Å². The van der Waals surface area contributed by atoms with Gasteiger partial charge in [0.15, 0.2) is 5.17 Å². The molecule has 0 atom stereocenters. The quantitative estimate of drug-likeness (QED) is 0.824. The third-order valence-corrected chi connectivity index (χ3v) is 4.69. The van der Waals surface area contributed by atoms with E-state index in [-0.39, 0.29) is 5.54 Å². The number of benzene rings is 1. The fourth-order valence-corrected chi connectivity index (χ4v) is 3.61. The Balaban J connectivity index is 1.72. The van der Waals surface area contributed by atoms with Crippen LogP contribution in [0.5, 0.6) is 0 Å². The minimum Gasteiger partial charge on any atom is -0.359 e. The van der Waals surface area contributed by atoms with E-state index in [1.54, 1.807) is 0 Å². The van der Waals surface area contributed by atoms with Crippen molar-refractivity contribution in [3.63, 3.8) is 0 Å². The van der Waals surface area contributed by atoms with Crippen LogP contribution in [0.15, 0.2) is 29.3 Å². The van der Waals surface area contributed by atoms with Crippen LogP contribution in [0.1, 0.15) is 25.0 Å². The maximum Gasteiger partial charge on any atom is 0.157 e. The van der Waals surface area contributed by atoms with Gasteiger partial charge in [0.25, 0.3) is 0 Å². The first-order valence-electron chi connectivity index (χ1n) is 6.18. The molecule has 2 nitrogen and oxygen atoms in total. The molecule has 0 saturated carbocycles. The van der Waals surface area contributed by atoms with Crippen LogP contribution in [0.2, 0.25) is 0 Å². The highest BCUT2D eigenvalue weighted by atomic mass is 32.2. The maximum atomic E-state index is 4.85. The van der Waals surface area contributed by atoms with Crippen molar-refractivity contribution < 1.29 is 0 Å². The predicted octanol–water partition coefficient (Wildman–Crippen LogP) is 2.62. The SMILES string of the molecule is CC1(C)CSC(=NC2Cc3ccccc3C2)N1. The predicted molar refractivity (Wildman–Crippen MR) is 74.7 cm³/mol. The Hall–Kier alpha value is -0.960. The number of rotatable bonds is 1. The molecular formula is C14H18N2S. The molecule has 1 aliphatic carbocycles. The molecule has 0 spiro atoms. The Morgan fingerprint density at radius 3 is 2.41 bits per heavy atom. The lowest BCUT2D eigenvalue weighted by molar-refractivity contribution is 0.534. The van der Waals surface area contributed by atoms with E-state index in [1.165, 1.54) is 11.1 Å². The topological polar surface area (TPSA) is 24.4 Å². The monoisotopic (exact) mass is 246 g/mol. The van der Waals surface area contributed by atoms with E-state index in [2.05, 4.69) is 43.4 Å². The van der Waals surface area contributed by atoms with Crippen LogP contribution in [0.3, 0.4) is 0 Å². The molecule has 1 heterocycles. The Morgan fingerprint density at radius 2 is 1.88 bits per heavy atom. The molecule has 3 heteroatoms. The first kappa shape index (κ1) is 11.1. The van der Waals surface area contributed by atoms with Crippen molar-refractivity contribution in [2.45, 2.75) is 38.3 Å². The maximum absolute atomic E-state index is 4.85. The standard InChI is InChI=1S/C14H18N2S/c1-14(2)9-17-13(16-14)15-12-7-10-5-3-4-6-11(10)8-12/h3-6,12H,7-9H2,1-2H3,(H,15,16). The van der Waals surface area contributed by atoms with Gasteiger partial charge in [-0.15, -0.1) is 0 Å². The van der Waals surface area contributed by atoms with Gasteiger partial charge in [0, 0.05) is 11.3 Å². The summed E-state index contributed by atoms with van der Waals surface area (Å²) in [6.07, 6.45) is 2.20. The summed E-state index contributed by atoms with van der Waals surface area (Å²) in [6, 6.07) is 9.15. The Labute approximate surface area is 107 Å². The lowest BCUT2D eigenvalue weighted by atomic mass is 10.1. The molecule has 1 aromatic carbocycles. The number of thioether (sulfide) groups is 1. The third-order valence-electron chi connectivity index (χ3n) is 3.34. The van der Waals surface area contributed by atoms with Crippen LogP contribution in [-0.4, -0.2) is 22.5 Å². The van der Waals surface area contributed by atoms with E-state index >= 15 is 0 Å². The summed E-state index contributed by atoms with van der Waals surface area (Å²) in [5, 5.41) is 4.63. The van der Waals surface area contributed by atoms with E-state index in [0.29, 0.717) is 6.04 Å². The van der Waals surface area contributed by atoms with E-state index in [1.807, 2.05) is 11.8 Å². The van der Waals surface area contributed by atoms with E-state index < -0.39 is 0 Å². The van der Waals surface area contributed by atoms with Crippen LogP contribution in [-0.2, 0) is 12.8 Å². The molecular weight excluding hydrogens is 228 g/mol.